The molecule has 1 aliphatic carbocycles. The predicted octanol–water partition coefficient (Wildman–Crippen LogP) is 3.21. The Morgan fingerprint density at radius 3 is 2.35 bits per heavy atom. The van der Waals surface area contributed by atoms with Gasteiger partial charge in [-0.05, 0) is 56.4 Å². The summed E-state index contributed by atoms with van der Waals surface area (Å²) in [5, 5.41) is 0. The Balaban J connectivity index is 0.00000200. The Kier molecular flexibility index (Phi) is 6.03. The lowest BCUT2D eigenvalue weighted by Gasteiger charge is -2.29. The van der Waals surface area contributed by atoms with Gasteiger partial charge in [0.05, 0.1) is 0 Å². The highest BCUT2D eigenvalue weighted by molar-refractivity contribution is 5.94. The van der Waals surface area contributed by atoms with E-state index >= 15 is 0 Å². The van der Waals surface area contributed by atoms with Crippen LogP contribution in [-0.4, -0.2) is 19.0 Å². The lowest BCUT2D eigenvalue weighted by molar-refractivity contribution is -0.123. The van der Waals surface area contributed by atoms with Crippen molar-refractivity contribution in [3.63, 3.8) is 0 Å². The molecule has 2 N–H and O–H groups in total. The van der Waals surface area contributed by atoms with Crippen molar-refractivity contribution >= 4 is 24.0 Å². The molecule has 0 aromatic heterocycles. The molecule has 20 heavy (non-hydrogen) atoms. The maximum absolute atomic E-state index is 12.5. The standard InChI is InChI=1S/C16H24N2O.ClH/c1-11-7-12(2)9-15(8-11)18(3)16(19)13-5-4-6-14(17)10-13;/h7-9,13-14H,4-6,10,17H2,1-3H3;1H. The Bertz CT molecular complexity index is 455. The molecule has 1 aromatic rings. The van der Waals surface area contributed by atoms with E-state index in [4.69, 9.17) is 5.73 Å². The van der Waals surface area contributed by atoms with Crippen molar-refractivity contribution in [2.45, 2.75) is 45.6 Å². The average Bonchev–Trinajstić information content (AvgIpc) is 2.36. The molecule has 1 aliphatic rings. The zero-order valence-electron chi connectivity index (χ0n) is 12.6. The zero-order chi connectivity index (χ0) is 14.0. The first kappa shape index (κ1) is 17.0. The summed E-state index contributed by atoms with van der Waals surface area (Å²) in [6.07, 6.45) is 3.92. The van der Waals surface area contributed by atoms with Gasteiger partial charge in [0.25, 0.3) is 0 Å². The van der Waals surface area contributed by atoms with E-state index in [1.54, 1.807) is 4.90 Å². The normalized spacial score (nSPS) is 22.0. The SMILES string of the molecule is Cc1cc(C)cc(N(C)C(=O)C2CCCC(N)C2)c1.Cl. The minimum absolute atomic E-state index is 0. The lowest BCUT2D eigenvalue weighted by Crippen LogP contribution is -2.38. The maximum Gasteiger partial charge on any atom is 0.229 e. The molecule has 1 aromatic carbocycles. The summed E-state index contributed by atoms with van der Waals surface area (Å²) < 4.78 is 0. The van der Waals surface area contributed by atoms with E-state index in [0.717, 1.165) is 31.4 Å². The molecule has 2 unspecified atom stereocenters. The molecule has 1 amide bonds. The van der Waals surface area contributed by atoms with Crippen molar-refractivity contribution in [1.29, 1.82) is 0 Å². The van der Waals surface area contributed by atoms with Crippen molar-refractivity contribution in [2.75, 3.05) is 11.9 Å². The summed E-state index contributed by atoms with van der Waals surface area (Å²) in [6.45, 7) is 4.12. The van der Waals surface area contributed by atoms with Crippen LogP contribution >= 0.6 is 12.4 Å². The summed E-state index contributed by atoms with van der Waals surface area (Å²) in [5.41, 5.74) is 9.35. The molecule has 0 heterocycles. The third kappa shape index (κ3) is 3.97. The van der Waals surface area contributed by atoms with E-state index in [9.17, 15) is 4.79 Å². The topological polar surface area (TPSA) is 46.3 Å². The molecule has 0 bridgehead atoms. The van der Waals surface area contributed by atoms with Crippen molar-refractivity contribution in [1.82, 2.24) is 0 Å². The number of aryl methyl sites for hydroxylation is 2. The molecule has 0 radical (unpaired) electrons. The highest BCUT2D eigenvalue weighted by Crippen LogP contribution is 2.27. The molecule has 0 saturated heterocycles. The van der Waals surface area contributed by atoms with Gasteiger partial charge < -0.3 is 10.6 Å². The van der Waals surface area contributed by atoms with Gasteiger partial charge in [0.15, 0.2) is 0 Å². The summed E-state index contributed by atoms with van der Waals surface area (Å²) in [7, 11) is 1.87. The molecule has 1 fully saturated rings. The number of carbonyl (C=O) groups excluding carboxylic acids is 1. The quantitative estimate of drug-likeness (QED) is 0.911. The maximum atomic E-state index is 12.5. The van der Waals surface area contributed by atoms with E-state index < -0.39 is 0 Å². The molecule has 1 saturated carbocycles. The number of hydrogen-bond donors (Lipinski definition) is 1. The lowest BCUT2D eigenvalue weighted by atomic mass is 9.85. The Morgan fingerprint density at radius 2 is 1.80 bits per heavy atom. The first-order chi connectivity index (χ1) is 8.97. The van der Waals surface area contributed by atoms with Gasteiger partial charge >= 0.3 is 0 Å². The minimum Gasteiger partial charge on any atom is -0.328 e. The average molecular weight is 297 g/mol. The van der Waals surface area contributed by atoms with E-state index in [-0.39, 0.29) is 30.3 Å². The van der Waals surface area contributed by atoms with Crippen LogP contribution in [0.15, 0.2) is 18.2 Å². The number of nitrogens with zero attached hydrogens (tertiary/aromatic N) is 1. The number of hydrogen-bond acceptors (Lipinski definition) is 2. The third-order valence-corrected chi connectivity index (χ3v) is 3.99. The Hall–Kier alpha value is -1.06. The van der Waals surface area contributed by atoms with Gasteiger partial charge in [-0.2, -0.15) is 0 Å². The molecular formula is C16H25ClN2O. The number of anilines is 1. The molecule has 2 rings (SSSR count). The molecule has 3 nitrogen and oxygen atoms in total. The number of benzene rings is 1. The van der Waals surface area contributed by atoms with E-state index in [1.165, 1.54) is 11.1 Å². The predicted molar refractivity (Wildman–Crippen MR) is 86.5 cm³/mol. The molecule has 4 heteroatoms. The van der Waals surface area contributed by atoms with Crippen LogP contribution in [0.2, 0.25) is 0 Å². The number of halogens is 1. The number of amides is 1. The van der Waals surface area contributed by atoms with Gasteiger partial charge in [-0.25, -0.2) is 0 Å². The zero-order valence-corrected chi connectivity index (χ0v) is 13.4. The van der Waals surface area contributed by atoms with Crippen LogP contribution in [0.4, 0.5) is 5.69 Å². The number of nitrogens with two attached hydrogens (primary N) is 1. The smallest absolute Gasteiger partial charge is 0.229 e. The highest BCUT2D eigenvalue weighted by atomic mass is 35.5. The van der Waals surface area contributed by atoms with E-state index in [1.807, 2.05) is 7.05 Å². The van der Waals surface area contributed by atoms with E-state index in [0.29, 0.717) is 0 Å². The number of rotatable bonds is 2. The summed E-state index contributed by atoms with van der Waals surface area (Å²) in [5.74, 6) is 0.301. The summed E-state index contributed by atoms with van der Waals surface area (Å²) in [6, 6.07) is 6.44. The largest absolute Gasteiger partial charge is 0.328 e. The van der Waals surface area contributed by atoms with Gasteiger partial charge in [0, 0.05) is 24.7 Å². The van der Waals surface area contributed by atoms with Gasteiger partial charge in [-0.15, -0.1) is 12.4 Å². The molecule has 0 spiro atoms. The van der Waals surface area contributed by atoms with Crippen LogP contribution in [0.3, 0.4) is 0 Å². The van der Waals surface area contributed by atoms with Crippen LogP contribution < -0.4 is 10.6 Å². The van der Waals surface area contributed by atoms with Crippen LogP contribution in [-0.2, 0) is 4.79 Å². The minimum atomic E-state index is 0. The molecule has 0 aliphatic heterocycles. The Labute approximate surface area is 127 Å². The fourth-order valence-corrected chi connectivity index (χ4v) is 3.00. The first-order valence-electron chi connectivity index (χ1n) is 7.09. The van der Waals surface area contributed by atoms with Crippen LogP contribution in [0.5, 0.6) is 0 Å². The van der Waals surface area contributed by atoms with Crippen molar-refractivity contribution in [3.8, 4) is 0 Å². The fourth-order valence-electron chi connectivity index (χ4n) is 3.00. The van der Waals surface area contributed by atoms with Crippen LogP contribution in [0, 0.1) is 19.8 Å². The summed E-state index contributed by atoms with van der Waals surface area (Å²) in [4.78, 5) is 14.3. The fraction of sp³-hybridized carbons (Fsp3) is 0.562. The second-order valence-corrected chi connectivity index (χ2v) is 5.87. The second kappa shape index (κ2) is 7.09. The van der Waals surface area contributed by atoms with Crippen molar-refractivity contribution in [2.24, 2.45) is 11.7 Å². The highest BCUT2D eigenvalue weighted by Gasteiger charge is 2.28. The van der Waals surface area contributed by atoms with E-state index in [2.05, 4.69) is 32.0 Å². The Morgan fingerprint density at radius 1 is 1.20 bits per heavy atom. The van der Waals surface area contributed by atoms with Crippen LogP contribution in [0.25, 0.3) is 0 Å². The summed E-state index contributed by atoms with van der Waals surface area (Å²) >= 11 is 0. The van der Waals surface area contributed by atoms with Crippen molar-refractivity contribution in [3.05, 3.63) is 29.3 Å². The van der Waals surface area contributed by atoms with Gasteiger partial charge in [0.1, 0.15) is 0 Å². The molecular weight excluding hydrogens is 272 g/mol. The third-order valence-electron chi connectivity index (χ3n) is 3.99. The van der Waals surface area contributed by atoms with Gasteiger partial charge in [0.2, 0.25) is 5.91 Å². The number of carbonyl (C=O) groups is 1. The van der Waals surface area contributed by atoms with Gasteiger partial charge in [-0.3, -0.25) is 4.79 Å². The second-order valence-electron chi connectivity index (χ2n) is 5.87. The van der Waals surface area contributed by atoms with Crippen LogP contribution in [0.1, 0.15) is 36.8 Å². The molecule has 2 atom stereocenters. The first-order valence-corrected chi connectivity index (χ1v) is 7.09. The monoisotopic (exact) mass is 296 g/mol. The van der Waals surface area contributed by atoms with Gasteiger partial charge in [-0.1, -0.05) is 12.5 Å². The molecule has 112 valence electrons. The van der Waals surface area contributed by atoms with Crippen molar-refractivity contribution < 1.29 is 4.79 Å².